The maximum absolute atomic E-state index is 12.6. The predicted octanol–water partition coefficient (Wildman–Crippen LogP) is 0.226. The lowest BCUT2D eigenvalue weighted by Gasteiger charge is -2.16. The lowest BCUT2D eigenvalue weighted by atomic mass is 10.2. The van der Waals surface area contributed by atoms with E-state index >= 15 is 0 Å². The summed E-state index contributed by atoms with van der Waals surface area (Å²) in [6.45, 7) is 0.645. The number of benzene rings is 1. The molecule has 0 unspecified atom stereocenters. The normalized spacial score (nSPS) is 14.9. The highest BCUT2D eigenvalue weighted by Crippen LogP contribution is 2.21. The fraction of sp³-hybridized carbons (Fsp3) is 0.389. The topological polar surface area (TPSA) is 108 Å². The fourth-order valence-corrected chi connectivity index (χ4v) is 4.56. The van der Waals surface area contributed by atoms with Crippen molar-refractivity contribution in [3.05, 3.63) is 62.4 Å². The second-order valence-corrected chi connectivity index (χ2v) is 8.53. The first-order valence-electron chi connectivity index (χ1n) is 8.75. The van der Waals surface area contributed by atoms with Gasteiger partial charge in [-0.3, -0.25) is 13.9 Å². The molecule has 3 rings (SSSR count). The summed E-state index contributed by atoms with van der Waals surface area (Å²) in [5, 5.41) is 0. The van der Waals surface area contributed by atoms with Crippen LogP contribution in [0.25, 0.3) is 0 Å². The quantitative estimate of drug-likeness (QED) is 0.657. The second-order valence-electron chi connectivity index (χ2n) is 6.59. The molecule has 0 saturated carbocycles. The Kier molecular flexibility index (Phi) is 5.52. The number of esters is 1. The smallest absolute Gasteiger partial charge is 0.338 e. The van der Waals surface area contributed by atoms with Crippen molar-refractivity contribution in [3.8, 4) is 0 Å². The highest BCUT2D eigenvalue weighted by atomic mass is 32.2. The molecular formula is C18H21N3O6S. The minimum atomic E-state index is -3.65. The second kappa shape index (κ2) is 7.72. The van der Waals surface area contributed by atoms with E-state index in [0.29, 0.717) is 13.1 Å². The van der Waals surface area contributed by atoms with Gasteiger partial charge in [-0.05, 0) is 31.0 Å². The molecule has 2 heterocycles. The number of nitrogens with zero attached hydrogens (tertiary/aromatic N) is 3. The molecule has 9 nitrogen and oxygen atoms in total. The van der Waals surface area contributed by atoms with Gasteiger partial charge in [-0.25, -0.2) is 18.0 Å². The van der Waals surface area contributed by atoms with Crippen LogP contribution in [-0.4, -0.2) is 40.9 Å². The number of aromatic nitrogens is 2. The number of rotatable bonds is 5. The van der Waals surface area contributed by atoms with Crippen LogP contribution in [-0.2, 0) is 35.5 Å². The molecule has 0 amide bonds. The third-order valence-corrected chi connectivity index (χ3v) is 6.64. The van der Waals surface area contributed by atoms with Gasteiger partial charge in [-0.1, -0.05) is 6.07 Å². The minimum Gasteiger partial charge on any atom is -0.456 e. The van der Waals surface area contributed by atoms with Crippen molar-refractivity contribution >= 4 is 16.0 Å². The van der Waals surface area contributed by atoms with Crippen molar-refractivity contribution < 1.29 is 17.9 Å². The standard InChI is InChI=1S/C18H21N3O6S/c1-19-14(11-16(22)20(2)18(19)24)12-27-17(23)13-6-5-7-15(10-13)28(25,26)21-8-3-4-9-21/h5-7,10-11H,3-4,8-9,12H2,1-2H3. The molecule has 1 aliphatic heterocycles. The zero-order valence-corrected chi connectivity index (χ0v) is 16.4. The predicted molar refractivity (Wildman–Crippen MR) is 100 cm³/mol. The first-order chi connectivity index (χ1) is 13.2. The molecule has 10 heteroatoms. The summed E-state index contributed by atoms with van der Waals surface area (Å²) in [4.78, 5) is 36.1. The Morgan fingerprint density at radius 3 is 2.43 bits per heavy atom. The van der Waals surface area contributed by atoms with E-state index in [1.54, 1.807) is 0 Å². The van der Waals surface area contributed by atoms with Gasteiger partial charge in [0.2, 0.25) is 10.0 Å². The van der Waals surface area contributed by atoms with Gasteiger partial charge in [0, 0.05) is 33.3 Å². The molecule has 0 N–H and O–H groups in total. The zero-order chi connectivity index (χ0) is 20.5. The van der Waals surface area contributed by atoms with Crippen LogP contribution >= 0.6 is 0 Å². The van der Waals surface area contributed by atoms with Crippen LogP contribution in [0.15, 0.2) is 44.8 Å². The Labute approximate surface area is 161 Å². The number of ether oxygens (including phenoxy) is 1. The maximum atomic E-state index is 12.6. The summed E-state index contributed by atoms with van der Waals surface area (Å²) in [6, 6.07) is 6.86. The van der Waals surface area contributed by atoms with Crippen LogP contribution in [0.2, 0.25) is 0 Å². The average molecular weight is 407 g/mol. The van der Waals surface area contributed by atoms with Crippen LogP contribution in [0.5, 0.6) is 0 Å². The van der Waals surface area contributed by atoms with E-state index in [-0.39, 0.29) is 22.8 Å². The minimum absolute atomic E-state index is 0.0323. The van der Waals surface area contributed by atoms with Crippen LogP contribution in [0.1, 0.15) is 28.9 Å². The van der Waals surface area contributed by atoms with E-state index in [2.05, 4.69) is 0 Å². The summed E-state index contributed by atoms with van der Waals surface area (Å²) in [5.41, 5.74) is -0.721. The van der Waals surface area contributed by atoms with Gasteiger partial charge in [0.15, 0.2) is 0 Å². The lowest BCUT2D eigenvalue weighted by Crippen LogP contribution is -2.38. The molecule has 28 heavy (non-hydrogen) atoms. The highest BCUT2D eigenvalue weighted by Gasteiger charge is 2.27. The van der Waals surface area contributed by atoms with Crippen molar-refractivity contribution in [3.63, 3.8) is 0 Å². The average Bonchev–Trinajstić information content (AvgIpc) is 3.23. The first kappa shape index (κ1) is 20.0. The first-order valence-corrected chi connectivity index (χ1v) is 10.2. The molecule has 1 aromatic carbocycles. The van der Waals surface area contributed by atoms with Crippen LogP contribution < -0.4 is 11.2 Å². The molecule has 1 fully saturated rings. The summed E-state index contributed by atoms with van der Waals surface area (Å²) in [6.07, 6.45) is 1.63. The van der Waals surface area contributed by atoms with Gasteiger partial charge < -0.3 is 4.74 Å². The third kappa shape index (κ3) is 3.78. The van der Waals surface area contributed by atoms with Gasteiger partial charge >= 0.3 is 11.7 Å². The van der Waals surface area contributed by atoms with Crippen LogP contribution in [0.4, 0.5) is 0 Å². The molecule has 0 bridgehead atoms. The van der Waals surface area contributed by atoms with E-state index < -0.39 is 27.2 Å². The Hall–Kier alpha value is -2.72. The summed E-state index contributed by atoms with van der Waals surface area (Å²) >= 11 is 0. The molecule has 2 aromatic rings. The Morgan fingerprint density at radius 2 is 1.75 bits per heavy atom. The molecule has 1 saturated heterocycles. The monoisotopic (exact) mass is 407 g/mol. The van der Waals surface area contributed by atoms with Gasteiger partial charge in [-0.15, -0.1) is 0 Å². The molecule has 150 valence electrons. The molecule has 1 aliphatic rings. The number of hydrogen-bond donors (Lipinski definition) is 0. The summed E-state index contributed by atoms with van der Waals surface area (Å²) in [5.74, 6) is -0.744. The molecule has 0 spiro atoms. The lowest BCUT2D eigenvalue weighted by molar-refractivity contribution is 0.0462. The maximum Gasteiger partial charge on any atom is 0.338 e. The van der Waals surface area contributed by atoms with Gasteiger partial charge in [0.25, 0.3) is 5.56 Å². The van der Waals surface area contributed by atoms with E-state index in [4.69, 9.17) is 4.74 Å². The molecule has 0 aliphatic carbocycles. The van der Waals surface area contributed by atoms with Gasteiger partial charge in [0.1, 0.15) is 6.61 Å². The highest BCUT2D eigenvalue weighted by molar-refractivity contribution is 7.89. The molecule has 0 atom stereocenters. The summed E-state index contributed by atoms with van der Waals surface area (Å²) < 4.78 is 34.0. The van der Waals surface area contributed by atoms with Gasteiger partial charge in [-0.2, -0.15) is 4.31 Å². The van der Waals surface area contributed by atoms with Crippen LogP contribution in [0.3, 0.4) is 0 Å². The fourth-order valence-electron chi connectivity index (χ4n) is 3.00. The summed E-state index contributed by atoms with van der Waals surface area (Å²) in [7, 11) is -0.828. The van der Waals surface area contributed by atoms with Crippen molar-refractivity contribution in [2.24, 2.45) is 14.1 Å². The zero-order valence-electron chi connectivity index (χ0n) is 15.6. The van der Waals surface area contributed by atoms with Crippen molar-refractivity contribution in [2.45, 2.75) is 24.3 Å². The van der Waals surface area contributed by atoms with Crippen molar-refractivity contribution in [1.29, 1.82) is 0 Å². The SMILES string of the molecule is Cn1c(COC(=O)c2cccc(S(=O)(=O)N3CCCC3)c2)cc(=O)n(C)c1=O. The molecule has 1 aromatic heterocycles. The van der Waals surface area contributed by atoms with E-state index in [0.717, 1.165) is 17.4 Å². The van der Waals surface area contributed by atoms with E-state index in [9.17, 15) is 22.8 Å². The Morgan fingerprint density at radius 1 is 1.07 bits per heavy atom. The van der Waals surface area contributed by atoms with Crippen LogP contribution in [0, 0.1) is 0 Å². The largest absolute Gasteiger partial charge is 0.456 e. The Balaban J connectivity index is 1.79. The van der Waals surface area contributed by atoms with Crippen molar-refractivity contribution in [2.75, 3.05) is 13.1 Å². The number of carbonyl (C=O) groups is 1. The number of hydrogen-bond acceptors (Lipinski definition) is 6. The number of carbonyl (C=O) groups excluding carboxylic acids is 1. The van der Waals surface area contributed by atoms with E-state index in [1.165, 1.54) is 53.3 Å². The molecular weight excluding hydrogens is 386 g/mol. The van der Waals surface area contributed by atoms with E-state index in [1.807, 2.05) is 0 Å². The Bertz CT molecular complexity index is 1130. The number of sulfonamides is 1. The third-order valence-electron chi connectivity index (χ3n) is 4.75. The van der Waals surface area contributed by atoms with Crippen molar-refractivity contribution in [1.82, 2.24) is 13.4 Å². The molecule has 0 radical (unpaired) electrons. The van der Waals surface area contributed by atoms with Gasteiger partial charge in [0.05, 0.1) is 16.2 Å².